The number of carbonyl (C=O) groups is 2. The summed E-state index contributed by atoms with van der Waals surface area (Å²) in [5.41, 5.74) is 5.48. The molecule has 0 aliphatic heterocycles. The maximum atomic E-state index is 12.2. The maximum Gasteiger partial charge on any atom is 0.329 e. The van der Waals surface area contributed by atoms with E-state index in [2.05, 4.69) is 4.98 Å². The second-order valence-electron chi connectivity index (χ2n) is 5.50. The molecular weight excluding hydrogens is 262 g/mol. The molecule has 0 saturated heterocycles. The van der Waals surface area contributed by atoms with Gasteiger partial charge in [0.15, 0.2) is 0 Å². The second-order valence-corrected chi connectivity index (χ2v) is 5.50. The van der Waals surface area contributed by atoms with Gasteiger partial charge in [0, 0.05) is 19.2 Å². The minimum atomic E-state index is -0.960. The van der Waals surface area contributed by atoms with Crippen molar-refractivity contribution in [3.05, 3.63) is 18.2 Å². The molecule has 0 amide bonds. The van der Waals surface area contributed by atoms with Gasteiger partial charge in [0.2, 0.25) is 0 Å². The van der Waals surface area contributed by atoms with Gasteiger partial charge < -0.3 is 20.1 Å². The number of hydrogen-bond donors (Lipinski definition) is 2. The van der Waals surface area contributed by atoms with Crippen molar-refractivity contribution < 1.29 is 19.4 Å². The van der Waals surface area contributed by atoms with Crippen molar-refractivity contribution in [2.75, 3.05) is 0 Å². The number of carboxylic acids is 1. The Morgan fingerprint density at radius 3 is 2.60 bits per heavy atom. The summed E-state index contributed by atoms with van der Waals surface area (Å²) in [6, 6.07) is -0.710. The van der Waals surface area contributed by atoms with Gasteiger partial charge in [-0.15, -0.1) is 0 Å². The van der Waals surface area contributed by atoms with Crippen molar-refractivity contribution >= 4 is 11.9 Å². The first-order valence-electron chi connectivity index (χ1n) is 6.40. The van der Waals surface area contributed by atoms with Crippen molar-refractivity contribution in [2.45, 2.75) is 51.8 Å². The van der Waals surface area contributed by atoms with E-state index in [0.29, 0.717) is 5.69 Å². The number of aromatic nitrogens is 2. The fraction of sp³-hybridized carbons (Fsp3) is 0.615. The molecule has 0 spiro atoms. The quantitative estimate of drug-likeness (QED) is 0.757. The van der Waals surface area contributed by atoms with E-state index in [9.17, 15) is 9.59 Å². The van der Waals surface area contributed by atoms with Crippen molar-refractivity contribution in [1.82, 2.24) is 9.55 Å². The molecule has 3 N–H and O–H groups in total. The summed E-state index contributed by atoms with van der Waals surface area (Å²) in [6.07, 6.45) is 3.12. The Labute approximate surface area is 117 Å². The fourth-order valence-corrected chi connectivity index (χ4v) is 1.67. The molecule has 7 nitrogen and oxygen atoms in total. The summed E-state index contributed by atoms with van der Waals surface area (Å²) in [6.45, 7) is 5.54. The minimum absolute atomic E-state index is 0.125. The number of esters is 1. The molecule has 1 atom stereocenters. The van der Waals surface area contributed by atoms with Crippen molar-refractivity contribution in [2.24, 2.45) is 5.73 Å². The van der Waals surface area contributed by atoms with Crippen LogP contribution in [0.4, 0.5) is 0 Å². The minimum Gasteiger partial charge on any atom is -0.481 e. The van der Waals surface area contributed by atoms with Crippen molar-refractivity contribution in [3.63, 3.8) is 0 Å². The van der Waals surface area contributed by atoms with Crippen LogP contribution in [0.3, 0.4) is 0 Å². The molecule has 1 heterocycles. The Morgan fingerprint density at radius 1 is 1.50 bits per heavy atom. The predicted molar refractivity (Wildman–Crippen MR) is 71.9 cm³/mol. The van der Waals surface area contributed by atoms with Crippen molar-refractivity contribution in [1.29, 1.82) is 0 Å². The molecule has 0 aliphatic carbocycles. The average Bonchev–Trinajstić information content (AvgIpc) is 2.75. The Morgan fingerprint density at radius 2 is 2.15 bits per heavy atom. The Kier molecular flexibility index (Phi) is 5.26. The molecule has 1 unspecified atom stereocenters. The van der Waals surface area contributed by atoms with E-state index in [-0.39, 0.29) is 19.4 Å². The highest BCUT2D eigenvalue weighted by Crippen LogP contribution is 2.20. The Hall–Kier alpha value is -1.89. The fourth-order valence-electron chi connectivity index (χ4n) is 1.67. The number of hydrogen-bond acceptors (Lipinski definition) is 5. The van der Waals surface area contributed by atoms with Crippen molar-refractivity contribution in [3.8, 4) is 0 Å². The highest BCUT2D eigenvalue weighted by Gasteiger charge is 2.27. The number of nitrogens with two attached hydrogens (primary N) is 1. The zero-order chi connectivity index (χ0) is 15.3. The van der Waals surface area contributed by atoms with Gasteiger partial charge >= 0.3 is 11.9 Å². The summed E-state index contributed by atoms with van der Waals surface area (Å²) in [7, 11) is 0. The molecule has 0 radical (unpaired) electrons. The largest absolute Gasteiger partial charge is 0.481 e. The molecule has 0 bridgehead atoms. The lowest BCUT2D eigenvalue weighted by Gasteiger charge is -2.24. The first kappa shape index (κ1) is 16.2. The van der Waals surface area contributed by atoms with Crippen LogP contribution in [0.5, 0.6) is 0 Å². The SMILES string of the molecule is CC(C)(C)OC(=O)C(CCC(=O)O)n1cnc(CN)c1. The normalized spacial score (nSPS) is 13.0. The highest BCUT2D eigenvalue weighted by atomic mass is 16.6. The number of imidazole rings is 1. The molecule has 20 heavy (non-hydrogen) atoms. The number of carbonyl (C=O) groups excluding carboxylic acids is 1. The van der Waals surface area contributed by atoms with Gasteiger partial charge in [0.25, 0.3) is 0 Å². The van der Waals surface area contributed by atoms with Gasteiger partial charge in [-0.05, 0) is 27.2 Å². The number of nitrogens with zero attached hydrogens (tertiary/aromatic N) is 2. The van der Waals surface area contributed by atoms with Gasteiger partial charge in [-0.1, -0.05) is 0 Å². The lowest BCUT2D eigenvalue weighted by Crippen LogP contribution is -2.30. The molecule has 0 aromatic carbocycles. The number of rotatable bonds is 6. The highest BCUT2D eigenvalue weighted by molar-refractivity contribution is 5.76. The van der Waals surface area contributed by atoms with E-state index in [0.717, 1.165) is 0 Å². The lowest BCUT2D eigenvalue weighted by atomic mass is 10.1. The lowest BCUT2D eigenvalue weighted by molar-refractivity contribution is -0.159. The second kappa shape index (κ2) is 6.51. The van der Waals surface area contributed by atoms with Crippen LogP contribution in [0, 0.1) is 0 Å². The van der Waals surface area contributed by atoms with E-state index in [1.54, 1.807) is 31.5 Å². The molecule has 0 fully saturated rings. The summed E-state index contributed by atoms with van der Waals surface area (Å²) in [4.78, 5) is 26.9. The number of aliphatic carboxylic acids is 1. The third kappa shape index (κ3) is 5.00. The zero-order valence-electron chi connectivity index (χ0n) is 12.0. The van der Waals surface area contributed by atoms with Gasteiger partial charge in [-0.2, -0.15) is 0 Å². The van der Waals surface area contributed by atoms with E-state index in [1.807, 2.05) is 0 Å². The van der Waals surface area contributed by atoms with E-state index >= 15 is 0 Å². The maximum absolute atomic E-state index is 12.2. The Balaban J connectivity index is 2.89. The zero-order valence-corrected chi connectivity index (χ0v) is 12.0. The van der Waals surface area contributed by atoms with Gasteiger partial charge in [0.1, 0.15) is 11.6 Å². The molecule has 0 saturated carbocycles. The summed E-state index contributed by atoms with van der Waals surface area (Å²) in [5, 5.41) is 8.78. The molecule has 0 aliphatic rings. The van der Waals surface area contributed by atoms with Crippen LogP contribution in [0.15, 0.2) is 12.5 Å². The van der Waals surface area contributed by atoms with E-state index < -0.39 is 23.6 Å². The molecule has 112 valence electrons. The molecular formula is C13H21N3O4. The van der Waals surface area contributed by atoms with Crippen LogP contribution in [-0.4, -0.2) is 32.2 Å². The van der Waals surface area contributed by atoms with E-state index in [4.69, 9.17) is 15.6 Å². The first-order chi connectivity index (χ1) is 9.23. The van der Waals surface area contributed by atoms with Crippen LogP contribution in [-0.2, 0) is 20.9 Å². The average molecular weight is 283 g/mol. The monoisotopic (exact) mass is 283 g/mol. The third-order valence-electron chi connectivity index (χ3n) is 2.53. The molecule has 1 rings (SSSR count). The predicted octanol–water partition coefficient (Wildman–Crippen LogP) is 1.09. The van der Waals surface area contributed by atoms with Gasteiger partial charge in [-0.3, -0.25) is 4.79 Å². The summed E-state index contributed by atoms with van der Waals surface area (Å²) in [5.74, 6) is -1.43. The third-order valence-corrected chi connectivity index (χ3v) is 2.53. The summed E-state index contributed by atoms with van der Waals surface area (Å²) >= 11 is 0. The number of carboxylic acid groups (broad SMARTS) is 1. The standard InChI is InChI=1S/C13H21N3O4/c1-13(2,3)20-12(19)10(4-5-11(17)18)16-7-9(6-14)15-8-16/h7-8,10H,4-6,14H2,1-3H3,(H,17,18). The molecule has 1 aromatic heterocycles. The van der Waals surface area contributed by atoms with E-state index in [1.165, 1.54) is 6.33 Å². The Bertz CT molecular complexity index is 476. The van der Waals surface area contributed by atoms with Crippen LogP contribution in [0.25, 0.3) is 0 Å². The van der Waals surface area contributed by atoms with Crippen LogP contribution in [0.2, 0.25) is 0 Å². The van der Waals surface area contributed by atoms with Crippen LogP contribution >= 0.6 is 0 Å². The van der Waals surface area contributed by atoms with Crippen LogP contribution < -0.4 is 5.73 Å². The molecule has 1 aromatic rings. The molecule has 7 heteroatoms. The topological polar surface area (TPSA) is 107 Å². The van der Waals surface area contributed by atoms with Gasteiger partial charge in [0.05, 0.1) is 12.0 Å². The summed E-state index contributed by atoms with van der Waals surface area (Å²) < 4.78 is 6.87. The van der Waals surface area contributed by atoms with Crippen LogP contribution in [0.1, 0.15) is 45.3 Å². The first-order valence-corrected chi connectivity index (χ1v) is 6.40. The number of ether oxygens (including phenoxy) is 1. The smallest absolute Gasteiger partial charge is 0.329 e. The van der Waals surface area contributed by atoms with Gasteiger partial charge in [-0.25, -0.2) is 9.78 Å².